The van der Waals surface area contributed by atoms with Crippen molar-refractivity contribution in [2.45, 2.75) is 20.3 Å². The van der Waals surface area contributed by atoms with Crippen LogP contribution in [0.2, 0.25) is 0 Å². The molecule has 0 aliphatic rings. The second-order valence-corrected chi connectivity index (χ2v) is 4.68. The Kier molecular flexibility index (Phi) is 8.63. The average molecular weight is 282 g/mol. The van der Waals surface area contributed by atoms with E-state index in [1.807, 2.05) is 13.8 Å². The molecule has 0 aromatic heterocycles. The van der Waals surface area contributed by atoms with Crippen molar-refractivity contribution < 1.29 is 24.9 Å². The van der Waals surface area contributed by atoms with E-state index in [0.29, 0.717) is 17.5 Å². The highest BCUT2D eigenvalue weighted by Crippen LogP contribution is 2.18. The predicted octanol–water partition coefficient (Wildman–Crippen LogP) is 0.980. The fourth-order valence-corrected chi connectivity index (χ4v) is 1.34. The highest BCUT2D eigenvalue weighted by molar-refractivity contribution is 5.83. The number of carbonyl (C=O) groups is 2. The Bertz CT molecular complexity index is 407. The van der Waals surface area contributed by atoms with Crippen LogP contribution in [0.4, 0.5) is 0 Å². The van der Waals surface area contributed by atoms with Crippen LogP contribution >= 0.6 is 0 Å². The fraction of sp³-hybridized carbons (Fsp3) is 0.467. The lowest BCUT2D eigenvalue weighted by atomic mass is 9.88. The Morgan fingerprint density at radius 2 is 1.60 bits per heavy atom. The van der Waals surface area contributed by atoms with Crippen molar-refractivity contribution in [3.8, 4) is 0 Å². The summed E-state index contributed by atoms with van der Waals surface area (Å²) in [5.41, 5.74) is 1.35. The van der Waals surface area contributed by atoms with E-state index in [1.54, 1.807) is 18.2 Å². The largest absolute Gasteiger partial charge is 0.396 e. The summed E-state index contributed by atoms with van der Waals surface area (Å²) in [6.45, 7) is 3.18. The first kappa shape index (κ1) is 18.4. The van der Waals surface area contributed by atoms with Gasteiger partial charge in [-0.2, -0.15) is 0 Å². The van der Waals surface area contributed by atoms with Crippen LogP contribution in [0.25, 0.3) is 0 Å². The number of aldehydes is 2. The van der Waals surface area contributed by atoms with Crippen molar-refractivity contribution >= 4 is 12.6 Å². The molecule has 0 atom stereocenters. The van der Waals surface area contributed by atoms with Gasteiger partial charge in [0.1, 0.15) is 12.6 Å². The summed E-state index contributed by atoms with van der Waals surface area (Å²) >= 11 is 0. The van der Waals surface area contributed by atoms with Crippen LogP contribution in [0.3, 0.4) is 0 Å². The van der Waals surface area contributed by atoms with E-state index in [-0.39, 0.29) is 19.8 Å². The molecule has 0 amide bonds. The summed E-state index contributed by atoms with van der Waals surface area (Å²) in [5.74, 6) is 0. The summed E-state index contributed by atoms with van der Waals surface area (Å²) in [6.07, 6.45) is 2.07. The van der Waals surface area contributed by atoms with Crippen LogP contribution in [-0.4, -0.2) is 47.7 Å². The zero-order valence-corrected chi connectivity index (χ0v) is 11.9. The highest BCUT2D eigenvalue weighted by atomic mass is 16.3. The maximum Gasteiger partial charge on any atom is 0.150 e. The summed E-state index contributed by atoms with van der Waals surface area (Å²) in [4.78, 5) is 20.6. The first-order valence-electron chi connectivity index (χ1n) is 6.36. The number of aryl methyl sites for hydroxylation is 1. The van der Waals surface area contributed by atoms with Crippen LogP contribution in [0.15, 0.2) is 18.2 Å². The summed E-state index contributed by atoms with van der Waals surface area (Å²) in [6, 6.07) is 5.03. The molecule has 0 saturated heterocycles. The van der Waals surface area contributed by atoms with Crippen molar-refractivity contribution in [1.29, 1.82) is 0 Å². The molecule has 20 heavy (non-hydrogen) atoms. The van der Waals surface area contributed by atoms with Gasteiger partial charge in [-0.05, 0) is 25.0 Å². The van der Waals surface area contributed by atoms with Crippen LogP contribution < -0.4 is 0 Å². The van der Waals surface area contributed by atoms with E-state index < -0.39 is 5.41 Å². The van der Waals surface area contributed by atoms with Crippen LogP contribution in [0.5, 0.6) is 0 Å². The number of carbonyl (C=O) groups excluding carboxylic acids is 2. The third kappa shape index (κ3) is 5.21. The normalized spacial score (nSPS) is 10.4. The molecule has 0 radical (unpaired) electrons. The number of hydrogen-bond donors (Lipinski definition) is 3. The Balaban J connectivity index is 0.000000370. The molecule has 1 aromatic rings. The minimum absolute atomic E-state index is 0.156. The van der Waals surface area contributed by atoms with Crippen molar-refractivity contribution in [3.63, 3.8) is 0 Å². The summed E-state index contributed by atoms with van der Waals surface area (Å²) < 4.78 is 0. The van der Waals surface area contributed by atoms with Gasteiger partial charge in [-0.15, -0.1) is 0 Å². The molecule has 0 heterocycles. The van der Waals surface area contributed by atoms with E-state index >= 15 is 0 Å². The maximum atomic E-state index is 10.4. The van der Waals surface area contributed by atoms with E-state index in [4.69, 9.17) is 15.3 Å². The number of hydrogen-bond acceptors (Lipinski definition) is 5. The standard InChI is InChI=1S/C9H8O2.C6H14O3/c1-7-2-3-8(5-10)4-9(7)6-11;1-2-6(3-7,4-8)5-9/h2-6H,1H3;7-9H,2-5H2,1H3. The predicted molar refractivity (Wildman–Crippen MR) is 75.9 cm³/mol. The lowest BCUT2D eigenvalue weighted by molar-refractivity contribution is 0.00304. The molecular formula is C15H22O5. The number of aliphatic hydroxyl groups is 3. The smallest absolute Gasteiger partial charge is 0.150 e. The Morgan fingerprint density at radius 3 is 1.90 bits per heavy atom. The molecule has 112 valence electrons. The molecule has 3 N–H and O–H groups in total. The highest BCUT2D eigenvalue weighted by Gasteiger charge is 2.24. The minimum atomic E-state index is -0.667. The van der Waals surface area contributed by atoms with Gasteiger partial charge in [0.05, 0.1) is 19.8 Å². The SMILES string of the molecule is CCC(CO)(CO)CO.Cc1ccc(C=O)cc1C=O. The second kappa shape index (κ2) is 9.36. The molecule has 0 aliphatic heterocycles. The first-order chi connectivity index (χ1) is 9.52. The molecule has 5 nitrogen and oxygen atoms in total. The van der Waals surface area contributed by atoms with Crippen LogP contribution in [0.1, 0.15) is 39.6 Å². The van der Waals surface area contributed by atoms with E-state index in [2.05, 4.69) is 0 Å². The molecule has 0 unspecified atom stereocenters. The van der Waals surface area contributed by atoms with Gasteiger partial charge in [-0.25, -0.2) is 0 Å². The maximum absolute atomic E-state index is 10.4. The van der Waals surface area contributed by atoms with Crippen molar-refractivity contribution in [3.05, 3.63) is 34.9 Å². The van der Waals surface area contributed by atoms with Gasteiger partial charge in [0.15, 0.2) is 0 Å². The zero-order valence-electron chi connectivity index (χ0n) is 11.9. The molecule has 0 saturated carbocycles. The van der Waals surface area contributed by atoms with Gasteiger partial charge in [0.25, 0.3) is 0 Å². The molecule has 0 fully saturated rings. The minimum Gasteiger partial charge on any atom is -0.396 e. The molecule has 0 aliphatic carbocycles. The number of aliphatic hydroxyl groups excluding tert-OH is 3. The fourth-order valence-electron chi connectivity index (χ4n) is 1.34. The second-order valence-electron chi connectivity index (χ2n) is 4.68. The lowest BCUT2D eigenvalue weighted by Gasteiger charge is -2.24. The van der Waals surface area contributed by atoms with E-state index in [9.17, 15) is 9.59 Å². The van der Waals surface area contributed by atoms with E-state index in [0.717, 1.165) is 18.1 Å². The molecule has 5 heteroatoms. The van der Waals surface area contributed by atoms with Gasteiger partial charge < -0.3 is 15.3 Å². The first-order valence-corrected chi connectivity index (χ1v) is 6.36. The Hall–Kier alpha value is -1.56. The molecule has 0 bridgehead atoms. The lowest BCUT2D eigenvalue weighted by Crippen LogP contribution is -2.32. The number of benzene rings is 1. The van der Waals surface area contributed by atoms with Crippen molar-refractivity contribution in [2.75, 3.05) is 19.8 Å². The number of rotatable bonds is 6. The summed E-state index contributed by atoms with van der Waals surface area (Å²) in [7, 11) is 0. The van der Waals surface area contributed by atoms with Gasteiger partial charge in [-0.1, -0.05) is 19.1 Å². The quantitative estimate of drug-likeness (QED) is 0.676. The Labute approximate surface area is 118 Å². The van der Waals surface area contributed by atoms with Crippen LogP contribution in [-0.2, 0) is 0 Å². The van der Waals surface area contributed by atoms with Gasteiger partial charge in [-0.3, -0.25) is 9.59 Å². The van der Waals surface area contributed by atoms with Crippen molar-refractivity contribution in [2.24, 2.45) is 5.41 Å². The third-order valence-electron chi connectivity index (χ3n) is 3.32. The Morgan fingerprint density at radius 1 is 1.05 bits per heavy atom. The average Bonchev–Trinajstić information content (AvgIpc) is 2.51. The molecule has 0 spiro atoms. The molecular weight excluding hydrogens is 260 g/mol. The van der Waals surface area contributed by atoms with Gasteiger partial charge >= 0.3 is 0 Å². The molecule has 1 rings (SSSR count). The molecule has 1 aromatic carbocycles. The third-order valence-corrected chi connectivity index (χ3v) is 3.32. The van der Waals surface area contributed by atoms with E-state index in [1.165, 1.54) is 0 Å². The van der Waals surface area contributed by atoms with Gasteiger partial charge in [0, 0.05) is 16.5 Å². The topological polar surface area (TPSA) is 94.8 Å². The summed E-state index contributed by atoms with van der Waals surface area (Å²) in [5, 5.41) is 26.0. The van der Waals surface area contributed by atoms with Crippen LogP contribution in [0, 0.1) is 12.3 Å². The monoisotopic (exact) mass is 282 g/mol. The van der Waals surface area contributed by atoms with Crippen molar-refractivity contribution in [1.82, 2.24) is 0 Å². The van der Waals surface area contributed by atoms with Gasteiger partial charge in [0.2, 0.25) is 0 Å². The zero-order chi connectivity index (χ0) is 15.6.